The van der Waals surface area contributed by atoms with E-state index in [9.17, 15) is 0 Å². The minimum absolute atomic E-state index is 0.646. The maximum absolute atomic E-state index is 5.43. The molecule has 0 heterocycles. The summed E-state index contributed by atoms with van der Waals surface area (Å²) >= 11 is 0. The van der Waals surface area contributed by atoms with E-state index < -0.39 is 0 Å². The SMILES string of the molecule is COc1cc(CCCCCCCc2cc(OC)c(OC)c(OC)c2)cc(OC)c1. The van der Waals surface area contributed by atoms with Gasteiger partial charge in [-0.25, -0.2) is 0 Å². The summed E-state index contributed by atoms with van der Waals surface area (Å²) in [5, 5.41) is 0. The minimum atomic E-state index is 0.646. The maximum atomic E-state index is 5.43. The molecule has 160 valence electrons. The lowest BCUT2D eigenvalue weighted by Crippen LogP contribution is -1.97. The van der Waals surface area contributed by atoms with E-state index in [4.69, 9.17) is 23.7 Å². The van der Waals surface area contributed by atoms with E-state index in [2.05, 4.69) is 12.1 Å². The molecule has 0 N–H and O–H groups in total. The second-order valence-corrected chi connectivity index (χ2v) is 7.02. The zero-order chi connectivity index (χ0) is 21.1. The lowest BCUT2D eigenvalue weighted by molar-refractivity contribution is 0.323. The molecular formula is C24H34O5. The first-order chi connectivity index (χ1) is 14.1. The van der Waals surface area contributed by atoms with Crippen LogP contribution in [0.15, 0.2) is 30.3 Å². The molecule has 0 radical (unpaired) electrons. The van der Waals surface area contributed by atoms with Crippen LogP contribution in [0, 0.1) is 0 Å². The Morgan fingerprint density at radius 3 is 1.34 bits per heavy atom. The van der Waals surface area contributed by atoms with Gasteiger partial charge in [-0.1, -0.05) is 19.3 Å². The lowest BCUT2D eigenvalue weighted by atomic mass is 10.0. The summed E-state index contributed by atoms with van der Waals surface area (Å²) in [5.74, 6) is 3.79. The van der Waals surface area contributed by atoms with Crippen LogP contribution in [-0.4, -0.2) is 35.5 Å². The zero-order valence-electron chi connectivity index (χ0n) is 18.4. The fraction of sp³-hybridized carbons (Fsp3) is 0.500. The summed E-state index contributed by atoms with van der Waals surface area (Å²) in [7, 11) is 8.30. The third-order valence-corrected chi connectivity index (χ3v) is 5.07. The highest BCUT2D eigenvalue weighted by atomic mass is 16.5. The molecule has 0 saturated heterocycles. The van der Waals surface area contributed by atoms with Crippen LogP contribution >= 0.6 is 0 Å². The first kappa shape index (κ1) is 22.7. The number of aryl methyl sites for hydroxylation is 2. The number of rotatable bonds is 13. The molecule has 0 atom stereocenters. The Labute approximate surface area is 174 Å². The molecule has 0 aliphatic heterocycles. The summed E-state index contributed by atoms with van der Waals surface area (Å²) in [6.07, 6.45) is 8.01. The van der Waals surface area contributed by atoms with E-state index in [-0.39, 0.29) is 0 Å². The van der Waals surface area contributed by atoms with Gasteiger partial charge in [0.25, 0.3) is 0 Å². The van der Waals surface area contributed by atoms with Crippen molar-refractivity contribution in [2.45, 2.75) is 44.9 Å². The molecule has 2 rings (SSSR count). The Morgan fingerprint density at radius 2 is 0.931 bits per heavy atom. The molecule has 0 spiro atoms. The highest BCUT2D eigenvalue weighted by Crippen LogP contribution is 2.38. The highest BCUT2D eigenvalue weighted by Gasteiger charge is 2.12. The summed E-state index contributed by atoms with van der Waals surface area (Å²) < 4.78 is 26.9. The Bertz CT molecular complexity index is 710. The standard InChI is InChI=1S/C24H34O5/c1-25-20-13-18(14-21(17-20)26-2)11-9-7-6-8-10-12-19-15-22(27-3)24(29-5)23(16-19)28-4/h13-17H,6-12H2,1-5H3. The molecule has 0 amide bonds. The molecule has 0 aliphatic rings. The van der Waals surface area contributed by atoms with Gasteiger partial charge in [-0.3, -0.25) is 0 Å². The van der Waals surface area contributed by atoms with Crippen LogP contribution in [0.1, 0.15) is 43.2 Å². The minimum Gasteiger partial charge on any atom is -0.497 e. The molecular weight excluding hydrogens is 368 g/mol. The molecule has 0 fully saturated rings. The van der Waals surface area contributed by atoms with Crippen LogP contribution < -0.4 is 23.7 Å². The van der Waals surface area contributed by atoms with Gasteiger partial charge in [0.05, 0.1) is 35.5 Å². The van der Waals surface area contributed by atoms with Gasteiger partial charge in [0.2, 0.25) is 5.75 Å². The number of methoxy groups -OCH3 is 5. The smallest absolute Gasteiger partial charge is 0.203 e. The Kier molecular flexibility index (Phi) is 9.48. The number of unbranched alkanes of at least 4 members (excludes halogenated alkanes) is 4. The van der Waals surface area contributed by atoms with Gasteiger partial charge in [-0.15, -0.1) is 0 Å². The topological polar surface area (TPSA) is 46.2 Å². The maximum Gasteiger partial charge on any atom is 0.203 e. The Hall–Kier alpha value is -2.56. The van der Waals surface area contributed by atoms with Gasteiger partial charge in [0.15, 0.2) is 11.5 Å². The van der Waals surface area contributed by atoms with Crippen LogP contribution in [0.3, 0.4) is 0 Å². The Morgan fingerprint density at radius 1 is 0.483 bits per heavy atom. The fourth-order valence-corrected chi connectivity index (χ4v) is 3.48. The predicted octanol–water partition coefficient (Wildman–Crippen LogP) is 5.47. The van der Waals surface area contributed by atoms with Crippen molar-refractivity contribution in [3.05, 3.63) is 41.5 Å². The molecule has 0 saturated carbocycles. The monoisotopic (exact) mass is 402 g/mol. The van der Waals surface area contributed by atoms with E-state index in [1.807, 2.05) is 18.2 Å². The number of ether oxygens (including phenoxy) is 5. The molecule has 0 aromatic heterocycles. The summed E-state index contributed by atoms with van der Waals surface area (Å²) in [6.45, 7) is 0. The normalized spacial score (nSPS) is 10.5. The van der Waals surface area contributed by atoms with Crippen molar-refractivity contribution in [3.8, 4) is 28.7 Å². The summed E-state index contributed by atoms with van der Waals surface area (Å²) in [4.78, 5) is 0. The van der Waals surface area contributed by atoms with Gasteiger partial charge in [0.1, 0.15) is 11.5 Å². The van der Waals surface area contributed by atoms with Crippen LogP contribution in [0.5, 0.6) is 28.7 Å². The first-order valence-corrected chi connectivity index (χ1v) is 10.2. The summed E-state index contributed by atoms with van der Waals surface area (Å²) in [5.41, 5.74) is 2.47. The summed E-state index contributed by atoms with van der Waals surface area (Å²) in [6, 6.07) is 10.2. The van der Waals surface area contributed by atoms with Crippen molar-refractivity contribution in [1.29, 1.82) is 0 Å². The average Bonchev–Trinajstić information content (AvgIpc) is 2.77. The van der Waals surface area contributed by atoms with E-state index in [0.29, 0.717) is 5.75 Å². The Balaban J connectivity index is 1.74. The zero-order valence-corrected chi connectivity index (χ0v) is 18.4. The van der Waals surface area contributed by atoms with Gasteiger partial charge >= 0.3 is 0 Å². The molecule has 2 aromatic rings. The van der Waals surface area contributed by atoms with Crippen LogP contribution in [-0.2, 0) is 12.8 Å². The largest absolute Gasteiger partial charge is 0.497 e. The molecule has 5 heteroatoms. The van der Waals surface area contributed by atoms with Crippen molar-refractivity contribution >= 4 is 0 Å². The third-order valence-electron chi connectivity index (χ3n) is 5.07. The van der Waals surface area contributed by atoms with Crippen molar-refractivity contribution in [2.75, 3.05) is 35.5 Å². The van der Waals surface area contributed by atoms with Gasteiger partial charge in [0, 0.05) is 6.07 Å². The molecule has 0 bridgehead atoms. The molecule has 0 aliphatic carbocycles. The molecule has 2 aromatic carbocycles. The number of hydrogen-bond acceptors (Lipinski definition) is 5. The fourth-order valence-electron chi connectivity index (χ4n) is 3.48. The van der Waals surface area contributed by atoms with E-state index in [1.165, 1.54) is 36.8 Å². The highest BCUT2D eigenvalue weighted by molar-refractivity contribution is 5.53. The van der Waals surface area contributed by atoms with Crippen molar-refractivity contribution < 1.29 is 23.7 Å². The quantitative estimate of drug-likeness (QED) is 0.416. The average molecular weight is 403 g/mol. The first-order valence-electron chi connectivity index (χ1n) is 10.2. The van der Waals surface area contributed by atoms with Crippen molar-refractivity contribution in [2.24, 2.45) is 0 Å². The predicted molar refractivity (Wildman–Crippen MR) is 116 cm³/mol. The van der Waals surface area contributed by atoms with Crippen LogP contribution in [0.4, 0.5) is 0 Å². The van der Waals surface area contributed by atoms with Crippen molar-refractivity contribution in [3.63, 3.8) is 0 Å². The number of hydrogen-bond donors (Lipinski definition) is 0. The second-order valence-electron chi connectivity index (χ2n) is 7.02. The van der Waals surface area contributed by atoms with Crippen LogP contribution in [0.2, 0.25) is 0 Å². The van der Waals surface area contributed by atoms with Gasteiger partial charge < -0.3 is 23.7 Å². The molecule has 0 unspecified atom stereocenters. The molecule has 29 heavy (non-hydrogen) atoms. The van der Waals surface area contributed by atoms with E-state index in [0.717, 1.165) is 42.3 Å². The van der Waals surface area contributed by atoms with Gasteiger partial charge in [-0.05, 0) is 61.1 Å². The van der Waals surface area contributed by atoms with E-state index in [1.54, 1.807) is 35.5 Å². The van der Waals surface area contributed by atoms with Crippen molar-refractivity contribution in [1.82, 2.24) is 0 Å². The third kappa shape index (κ3) is 6.77. The van der Waals surface area contributed by atoms with E-state index >= 15 is 0 Å². The lowest BCUT2D eigenvalue weighted by Gasteiger charge is -2.14. The second kappa shape index (κ2) is 12.1. The number of benzene rings is 2. The molecule has 5 nitrogen and oxygen atoms in total. The van der Waals surface area contributed by atoms with Crippen LogP contribution in [0.25, 0.3) is 0 Å². The van der Waals surface area contributed by atoms with Gasteiger partial charge in [-0.2, -0.15) is 0 Å².